The molecule has 0 bridgehead atoms. The van der Waals surface area contributed by atoms with Crippen LogP contribution in [-0.4, -0.2) is 12.3 Å². The normalized spacial score (nSPS) is 23.7. The average Bonchev–Trinajstić information content (AvgIpc) is 2.72. The standard InChI is InChI=1S/C14H18O3/c1-2-3-5-10-12-16-13(14(15)17-12)11-8-6-4-7-9-11/h4,6-9,12-13H,2-3,5,10H2,1H3/t12-,13-/m0/s1. The fourth-order valence-corrected chi connectivity index (χ4v) is 1.96. The number of unbranched alkanes of at least 4 members (excludes halogenated alkanes) is 2. The van der Waals surface area contributed by atoms with E-state index in [1.54, 1.807) is 0 Å². The van der Waals surface area contributed by atoms with Crippen molar-refractivity contribution in [3.05, 3.63) is 35.9 Å². The first-order valence-corrected chi connectivity index (χ1v) is 6.22. The summed E-state index contributed by atoms with van der Waals surface area (Å²) < 4.78 is 10.8. The second kappa shape index (κ2) is 5.82. The number of carbonyl (C=O) groups excluding carboxylic acids is 1. The predicted molar refractivity (Wildman–Crippen MR) is 64.3 cm³/mol. The van der Waals surface area contributed by atoms with Crippen LogP contribution < -0.4 is 0 Å². The van der Waals surface area contributed by atoms with Gasteiger partial charge >= 0.3 is 5.97 Å². The molecular formula is C14H18O3. The SMILES string of the molecule is CCCCC[C@@H]1OC(=O)[C@H](c2ccccc2)O1. The highest BCUT2D eigenvalue weighted by atomic mass is 16.7. The van der Waals surface area contributed by atoms with Crippen molar-refractivity contribution < 1.29 is 14.3 Å². The highest BCUT2D eigenvalue weighted by Crippen LogP contribution is 2.29. The lowest BCUT2D eigenvalue weighted by atomic mass is 10.1. The maximum atomic E-state index is 11.7. The number of rotatable bonds is 5. The zero-order valence-corrected chi connectivity index (χ0v) is 10.1. The van der Waals surface area contributed by atoms with Gasteiger partial charge in [0.05, 0.1) is 0 Å². The van der Waals surface area contributed by atoms with Crippen LogP contribution >= 0.6 is 0 Å². The zero-order chi connectivity index (χ0) is 12.1. The Morgan fingerprint density at radius 3 is 2.65 bits per heavy atom. The Balaban J connectivity index is 1.92. The molecule has 1 aliphatic heterocycles. The Bertz CT molecular complexity index is 361. The minimum atomic E-state index is -0.539. The maximum absolute atomic E-state index is 11.7. The summed E-state index contributed by atoms with van der Waals surface area (Å²) in [6.07, 6.45) is 3.23. The number of benzene rings is 1. The fraction of sp³-hybridized carbons (Fsp3) is 0.500. The van der Waals surface area contributed by atoms with Crippen LogP contribution in [0.25, 0.3) is 0 Å². The maximum Gasteiger partial charge on any atom is 0.342 e. The Morgan fingerprint density at radius 1 is 1.18 bits per heavy atom. The number of ether oxygens (including phenoxy) is 2. The van der Waals surface area contributed by atoms with Crippen LogP contribution in [-0.2, 0) is 14.3 Å². The van der Waals surface area contributed by atoms with Crippen LogP contribution in [0.15, 0.2) is 30.3 Å². The summed E-state index contributed by atoms with van der Waals surface area (Å²) in [7, 11) is 0. The second-order valence-electron chi connectivity index (χ2n) is 4.29. The van der Waals surface area contributed by atoms with Gasteiger partial charge in [-0.2, -0.15) is 0 Å². The van der Waals surface area contributed by atoms with Crippen molar-refractivity contribution in [2.75, 3.05) is 0 Å². The summed E-state index contributed by atoms with van der Waals surface area (Å²) in [4.78, 5) is 11.7. The molecular weight excluding hydrogens is 216 g/mol. The van der Waals surface area contributed by atoms with E-state index < -0.39 is 6.10 Å². The molecule has 1 saturated heterocycles. The predicted octanol–water partition coefficient (Wildman–Crippen LogP) is 3.21. The molecule has 1 heterocycles. The summed E-state index contributed by atoms with van der Waals surface area (Å²) in [6, 6.07) is 9.50. The van der Waals surface area contributed by atoms with Crippen molar-refractivity contribution >= 4 is 5.97 Å². The van der Waals surface area contributed by atoms with E-state index in [0.717, 1.165) is 31.2 Å². The first kappa shape index (κ1) is 12.1. The number of carbonyl (C=O) groups is 1. The van der Waals surface area contributed by atoms with Crippen molar-refractivity contribution in [2.24, 2.45) is 0 Å². The minimum absolute atomic E-state index is 0.266. The molecule has 0 radical (unpaired) electrons. The molecule has 2 atom stereocenters. The first-order valence-electron chi connectivity index (χ1n) is 6.22. The van der Waals surface area contributed by atoms with Crippen molar-refractivity contribution in [1.82, 2.24) is 0 Å². The molecule has 0 spiro atoms. The van der Waals surface area contributed by atoms with Crippen LogP contribution in [0.2, 0.25) is 0 Å². The van der Waals surface area contributed by atoms with Gasteiger partial charge in [-0.05, 0) is 12.0 Å². The lowest BCUT2D eigenvalue weighted by Gasteiger charge is -2.09. The molecule has 0 aliphatic carbocycles. The molecule has 3 heteroatoms. The van der Waals surface area contributed by atoms with Gasteiger partial charge in [-0.1, -0.05) is 50.1 Å². The van der Waals surface area contributed by atoms with Gasteiger partial charge in [0.25, 0.3) is 0 Å². The van der Waals surface area contributed by atoms with E-state index in [2.05, 4.69) is 6.92 Å². The van der Waals surface area contributed by atoms with Gasteiger partial charge in [0, 0.05) is 6.42 Å². The topological polar surface area (TPSA) is 35.5 Å². The van der Waals surface area contributed by atoms with Gasteiger partial charge in [-0.15, -0.1) is 0 Å². The quantitative estimate of drug-likeness (QED) is 0.579. The molecule has 1 aliphatic rings. The zero-order valence-electron chi connectivity index (χ0n) is 10.1. The lowest BCUT2D eigenvalue weighted by molar-refractivity contribution is -0.144. The van der Waals surface area contributed by atoms with E-state index in [0.29, 0.717) is 0 Å². The van der Waals surface area contributed by atoms with E-state index >= 15 is 0 Å². The van der Waals surface area contributed by atoms with Crippen molar-refractivity contribution in [1.29, 1.82) is 0 Å². The summed E-state index contributed by atoms with van der Waals surface area (Å²) >= 11 is 0. The number of hydrogen-bond acceptors (Lipinski definition) is 3. The second-order valence-corrected chi connectivity index (χ2v) is 4.29. The molecule has 1 aromatic carbocycles. The molecule has 92 valence electrons. The molecule has 1 fully saturated rings. The fourth-order valence-electron chi connectivity index (χ4n) is 1.96. The Morgan fingerprint density at radius 2 is 1.94 bits per heavy atom. The molecule has 17 heavy (non-hydrogen) atoms. The van der Waals surface area contributed by atoms with Gasteiger partial charge in [0.15, 0.2) is 6.10 Å². The minimum Gasteiger partial charge on any atom is -0.434 e. The van der Waals surface area contributed by atoms with Crippen LogP contribution in [0.4, 0.5) is 0 Å². The van der Waals surface area contributed by atoms with Crippen molar-refractivity contribution in [3.63, 3.8) is 0 Å². The lowest BCUT2D eigenvalue weighted by Crippen LogP contribution is -2.07. The third kappa shape index (κ3) is 3.07. The van der Waals surface area contributed by atoms with Gasteiger partial charge < -0.3 is 9.47 Å². The van der Waals surface area contributed by atoms with E-state index in [1.165, 1.54) is 0 Å². The van der Waals surface area contributed by atoms with Crippen LogP contribution in [0.1, 0.15) is 44.3 Å². The molecule has 0 amide bonds. The van der Waals surface area contributed by atoms with Crippen LogP contribution in [0.5, 0.6) is 0 Å². The molecule has 3 nitrogen and oxygen atoms in total. The van der Waals surface area contributed by atoms with Gasteiger partial charge in [-0.3, -0.25) is 0 Å². The van der Waals surface area contributed by atoms with E-state index in [4.69, 9.17) is 9.47 Å². The molecule has 1 aromatic rings. The third-order valence-electron chi connectivity index (χ3n) is 2.90. The van der Waals surface area contributed by atoms with Crippen molar-refractivity contribution in [3.8, 4) is 0 Å². The molecule has 0 aromatic heterocycles. The Kier molecular flexibility index (Phi) is 4.15. The third-order valence-corrected chi connectivity index (χ3v) is 2.90. The number of hydrogen-bond donors (Lipinski definition) is 0. The monoisotopic (exact) mass is 234 g/mol. The summed E-state index contributed by atoms with van der Waals surface area (Å²) in [5, 5.41) is 0. The van der Waals surface area contributed by atoms with Crippen LogP contribution in [0.3, 0.4) is 0 Å². The summed E-state index contributed by atoms with van der Waals surface area (Å²) in [5.74, 6) is -0.266. The number of cyclic esters (lactones) is 1. The smallest absolute Gasteiger partial charge is 0.342 e. The van der Waals surface area contributed by atoms with Gasteiger partial charge in [0.1, 0.15) is 0 Å². The average molecular weight is 234 g/mol. The highest BCUT2D eigenvalue weighted by Gasteiger charge is 2.35. The Labute approximate surface area is 102 Å². The summed E-state index contributed by atoms with van der Waals surface area (Å²) in [6.45, 7) is 2.15. The molecule has 0 saturated carbocycles. The van der Waals surface area contributed by atoms with Gasteiger partial charge in [0.2, 0.25) is 6.29 Å². The van der Waals surface area contributed by atoms with E-state index in [1.807, 2.05) is 30.3 Å². The highest BCUT2D eigenvalue weighted by molar-refractivity contribution is 5.77. The van der Waals surface area contributed by atoms with Gasteiger partial charge in [-0.25, -0.2) is 4.79 Å². The largest absolute Gasteiger partial charge is 0.434 e. The number of esters is 1. The van der Waals surface area contributed by atoms with E-state index in [-0.39, 0.29) is 12.3 Å². The summed E-state index contributed by atoms with van der Waals surface area (Å²) in [5.41, 5.74) is 0.871. The van der Waals surface area contributed by atoms with Crippen LogP contribution in [0, 0.1) is 0 Å². The molecule has 0 unspecified atom stereocenters. The molecule has 2 rings (SSSR count). The first-order chi connectivity index (χ1) is 8.31. The van der Waals surface area contributed by atoms with E-state index in [9.17, 15) is 4.79 Å². The Hall–Kier alpha value is -1.35. The molecule has 0 N–H and O–H groups in total. The van der Waals surface area contributed by atoms with Crippen molar-refractivity contribution in [2.45, 2.75) is 45.0 Å².